The lowest BCUT2D eigenvalue weighted by Gasteiger charge is -2.16. The van der Waals surface area contributed by atoms with Gasteiger partial charge in [-0.2, -0.15) is 0 Å². The number of ether oxygens (including phenoxy) is 1. The fourth-order valence-electron chi connectivity index (χ4n) is 3.29. The van der Waals surface area contributed by atoms with Gasteiger partial charge in [-0.1, -0.05) is 38.3 Å². The molecule has 110 valence electrons. The van der Waals surface area contributed by atoms with Gasteiger partial charge in [0, 0.05) is 18.8 Å². The van der Waals surface area contributed by atoms with Crippen molar-refractivity contribution in [2.45, 2.75) is 70.1 Å². The summed E-state index contributed by atoms with van der Waals surface area (Å²) in [7, 11) is 0. The van der Waals surface area contributed by atoms with E-state index in [4.69, 9.17) is 4.74 Å². The monoisotopic (exact) mass is 270 g/mol. The van der Waals surface area contributed by atoms with Gasteiger partial charge < -0.3 is 20.1 Å². The molecular formula is C15H26O4. The molecule has 1 aliphatic carbocycles. The minimum Gasteiger partial charge on any atom is -0.392 e. The molecule has 2 aliphatic rings. The largest absolute Gasteiger partial charge is 0.392 e. The Labute approximate surface area is 115 Å². The molecule has 19 heavy (non-hydrogen) atoms. The highest BCUT2D eigenvalue weighted by atomic mass is 16.6. The van der Waals surface area contributed by atoms with Crippen molar-refractivity contribution in [1.82, 2.24) is 0 Å². The molecule has 0 aromatic rings. The summed E-state index contributed by atoms with van der Waals surface area (Å²) >= 11 is 0. The van der Waals surface area contributed by atoms with Gasteiger partial charge in [-0.15, -0.1) is 0 Å². The molecule has 4 nitrogen and oxygen atoms in total. The second kappa shape index (κ2) is 6.84. The van der Waals surface area contributed by atoms with E-state index in [9.17, 15) is 15.3 Å². The normalized spacial score (nSPS) is 39.9. The third-order valence-corrected chi connectivity index (χ3v) is 4.35. The zero-order valence-electron chi connectivity index (χ0n) is 11.6. The van der Waals surface area contributed by atoms with E-state index < -0.39 is 18.5 Å². The van der Waals surface area contributed by atoms with Gasteiger partial charge in [-0.05, 0) is 12.3 Å². The van der Waals surface area contributed by atoms with E-state index in [1.54, 1.807) is 6.08 Å². The second-order valence-electron chi connectivity index (χ2n) is 5.86. The average Bonchev–Trinajstić information content (AvgIpc) is 2.82. The van der Waals surface area contributed by atoms with Crippen LogP contribution >= 0.6 is 0 Å². The van der Waals surface area contributed by atoms with Crippen molar-refractivity contribution in [3.63, 3.8) is 0 Å². The van der Waals surface area contributed by atoms with Gasteiger partial charge in [-0.3, -0.25) is 0 Å². The van der Waals surface area contributed by atoms with Crippen LogP contribution in [0.15, 0.2) is 12.2 Å². The summed E-state index contributed by atoms with van der Waals surface area (Å²) in [6.07, 6.45) is 7.44. The minimum absolute atomic E-state index is 0.00275. The summed E-state index contributed by atoms with van der Waals surface area (Å²) in [4.78, 5) is 0. The number of hydrogen-bond acceptors (Lipinski definition) is 4. The van der Waals surface area contributed by atoms with E-state index in [1.165, 1.54) is 0 Å². The van der Waals surface area contributed by atoms with Crippen LogP contribution in [0.4, 0.5) is 0 Å². The molecule has 1 saturated carbocycles. The molecule has 4 heteroatoms. The molecule has 1 heterocycles. The Morgan fingerprint density at radius 1 is 1.26 bits per heavy atom. The van der Waals surface area contributed by atoms with Crippen LogP contribution in [-0.2, 0) is 4.74 Å². The average molecular weight is 270 g/mol. The molecule has 0 aromatic carbocycles. The predicted octanol–water partition coefficient (Wildman–Crippen LogP) is 1.59. The zero-order chi connectivity index (χ0) is 13.8. The molecular weight excluding hydrogens is 244 g/mol. The number of rotatable bonds is 6. The molecule has 2 fully saturated rings. The molecule has 0 aromatic heterocycles. The van der Waals surface area contributed by atoms with E-state index in [1.807, 2.05) is 6.08 Å². The summed E-state index contributed by atoms with van der Waals surface area (Å²) in [6, 6.07) is 0. The quantitative estimate of drug-likeness (QED) is 0.506. The van der Waals surface area contributed by atoms with Crippen molar-refractivity contribution < 1.29 is 20.1 Å². The van der Waals surface area contributed by atoms with Crippen LogP contribution in [0.2, 0.25) is 0 Å². The lowest BCUT2D eigenvalue weighted by atomic mass is 9.91. The predicted molar refractivity (Wildman–Crippen MR) is 72.4 cm³/mol. The Hall–Kier alpha value is -0.420. The molecule has 0 radical (unpaired) electrons. The highest BCUT2D eigenvalue weighted by molar-refractivity contribution is 5.06. The van der Waals surface area contributed by atoms with Gasteiger partial charge in [-0.25, -0.2) is 0 Å². The summed E-state index contributed by atoms with van der Waals surface area (Å²) in [5.74, 6) is 0.187. The molecule has 0 bridgehead atoms. The Balaban J connectivity index is 1.83. The topological polar surface area (TPSA) is 69.9 Å². The van der Waals surface area contributed by atoms with Crippen LogP contribution in [0, 0.1) is 11.8 Å². The highest BCUT2D eigenvalue weighted by Gasteiger charge is 2.47. The van der Waals surface area contributed by atoms with Crippen LogP contribution in [-0.4, -0.2) is 39.9 Å². The van der Waals surface area contributed by atoms with Crippen LogP contribution in [0.3, 0.4) is 0 Å². The van der Waals surface area contributed by atoms with E-state index in [-0.39, 0.29) is 17.9 Å². The highest BCUT2D eigenvalue weighted by Crippen LogP contribution is 2.43. The summed E-state index contributed by atoms with van der Waals surface area (Å²) in [5.41, 5.74) is 0. The molecule has 0 spiro atoms. The van der Waals surface area contributed by atoms with E-state index in [2.05, 4.69) is 6.92 Å². The number of fused-ring (bicyclic) bond motifs is 1. The van der Waals surface area contributed by atoms with Crippen molar-refractivity contribution in [3.05, 3.63) is 12.2 Å². The van der Waals surface area contributed by atoms with Gasteiger partial charge in [0.15, 0.2) is 6.29 Å². The Morgan fingerprint density at radius 3 is 2.79 bits per heavy atom. The van der Waals surface area contributed by atoms with Crippen molar-refractivity contribution in [2.24, 2.45) is 11.8 Å². The van der Waals surface area contributed by atoms with Crippen LogP contribution in [0.25, 0.3) is 0 Å². The second-order valence-corrected chi connectivity index (χ2v) is 5.86. The maximum Gasteiger partial charge on any atom is 0.155 e. The number of hydrogen-bond donors (Lipinski definition) is 3. The number of aliphatic hydroxyl groups excluding tert-OH is 3. The molecule has 1 aliphatic heterocycles. The first-order valence-corrected chi connectivity index (χ1v) is 7.49. The Kier molecular flexibility index (Phi) is 5.39. The molecule has 0 amide bonds. The van der Waals surface area contributed by atoms with Gasteiger partial charge in [0.25, 0.3) is 0 Å². The van der Waals surface area contributed by atoms with Gasteiger partial charge in [0.1, 0.15) is 0 Å². The first-order chi connectivity index (χ1) is 9.11. The molecule has 3 unspecified atom stereocenters. The number of unbranched alkanes of at least 4 members (excludes halogenated alkanes) is 2. The Bertz CT molecular complexity index is 305. The van der Waals surface area contributed by atoms with Crippen molar-refractivity contribution in [3.8, 4) is 0 Å². The van der Waals surface area contributed by atoms with Crippen molar-refractivity contribution in [1.29, 1.82) is 0 Å². The third-order valence-electron chi connectivity index (χ3n) is 4.35. The first kappa shape index (κ1) is 15.0. The molecule has 1 saturated heterocycles. The fraction of sp³-hybridized carbons (Fsp3) is 0.867. The maximum absolute atomic E-state index is 10.0. The lowest BCUT2D eigenvalue weighted by molar-refractivity contribution is -0.0949. The van der Waals surface area contributed by atoms with Crippen LogP contribution in [0.5, 0.6) is 0 Å². The summed E-state index contributed by atoms with van der Waals surface area (Å²) in [5, 5.41) is 29.4. The van der Waals surface area contributed by atoms with Crippen molar-refractivity contribution >= 4 is 0 Å². The van der Waals surface area contributed by atoms with Gasteiger partial charge in [0.2, 0.25) is 0 Å². The standard InChI is InChI=1S/C15H26O4/c1-2-3-4-5-10(16)6-7-11-12-8-15(18)19-14(12)9-13(11)17/h6-7,10-18H,2-5,8-9H2,1H3/t10?,11?,12-,13?,14-,15+/m1/s1. The molecule has 6 atom stereocenters. The smallest absolute Gasteiger partial charge is 0.155 e. The maximum atomic E-state index is 10.0. The first-order valence-electron chi connectivity index (χ1n) is 7.49. The SMILES string of the molecule is CCCCCC(O)C=CC1C(O)C[C@H]2O[C@H](O)C[C@H]12. The van der Waals surface area contributed by atoms with E-state index in [0.29, 0.717) is 12.8 Å². The van der Waals surface area contributed by atoms with Gasteiger partial charge in [0.05, 0.1) is 18.3 Å². The van der Waals surface area contributed by atoms with E-state index >= 15 is 0 Å². The van der Waals surface area contributed by atoms with Crippen LogP contribution < -0.4 is 0 Å². The minimum atomic E-state index is -0.687. The van der Waals surface area contributed by atoms with E-state index in [0.717, 1.165) is 25.7 Å². The summed E-state index contributed by atoms with van der Waals surface area (Å²) < 4.78 is 5.37. The Morgan fingerprint density at radius 2 is 2.05 bits per heavy atom. The fourth-order valence-corrected chi connectivity index (χ4v) is 3.29. The third kappa shape index (κ3) is 3.78. The lowest BCUT2D eigenvalue weighted by Crippen LogP contribution is -2.19. The van der Waals surface area contributed by atoms with Crippen molar-refractivity contribution in [2.75, 3.05) is 0 Å². The zero-order valence-corrected chi connectivity index (χ0v) is 11.6. The number of aliphatic hydroxyl groups is 3. The van der Waals surface area contributed by atoms with Gasteiger partial charge >= 0.3 is 0 Å². The van der Waals surface area contributed by atoms with Crippen LogP contribution in [0.1, 0.15) is 45.4 Å². The molecule has 3 N–H and O–H groups in total. The molecule has 2 rings (SSSR count). The summed E-state index contributed by atoms with van der Waals surface area (Å²) in [6.45, 7) is 2.14.